The number of rotatable bonds is 8. The second-order valence-corrected chi connectivity index (χ2v) is 7.65. The fraction of sp³-hybridized carbons (Fsp3) is 0.571. The number of ether oxygens (including phenoxy) is 3. The van der Waals surface area contributed by atoms with Crippen LogP contribution in [0.4, 0.5) is 5.69 Å². The van der Waals surface area contributed by atoms with Crippen molar-refractivity contribution in [2.45, 2.75) is 26.4 Å². The number of morpholine rings is 1. The molecule has 1 N–H and O–H groups in total. The number of hydrogen-bond donors (Lipinski definition) is 1. The van der Waals surface area contributed by atoms with Gasteiger partial charge in [-0.1, -0.05) is 0 Å². The first-order valence-corrected chi connectivity index (χ1v) is 9.92. The average molecular weight is 389 g/mol. The van der Waals surface area contributed by atoms with Crippen molar-refractivity contribution in [3.05, 3.63) is 23.9 Å². The lowest BCUT2D eigenvalue weighted by Crippen LogP contribution is -2.36. The zero-order valence-electron chi connectivity index (χ0n) is 17.3. The summed E-state index contributed by atoms with van der Waals surface area (Å²) in [4.78, 5) is 20.0. The van der Waals surface area contributed by atoms with E-state index in [0.29, 0.717) is 25.5 Å². The highest BCUT2D eigenvalue weighted by atomic mass is 16.5. The SMILES string of the molecule is CC(C)Oc1cc(N2CCOCC2)cc2[nH]c(C(=O)OCCCN(C)C)cc12. The monoisotopic (exact) mass is 389 g/mol. The van der Waals surface area contributed by atoms with Gasteiger partial charge in [0.25, 0.3) is 0 Å². The van der Waals surface area contributed by atoms with Gasteiger partial charge in [0.15, 0.2) is 0 Å². The molecule has 1 aliphatic rings. The predicted octanol–water partition coefficient (Wildman–Crippen LogP) is 2.90. The largest absolute Gasteiger partial charge is 0.490 e. The molecule has 0 bridgehead atoms. The molecule has 7 nitrogen and oxygen atoms in total. The van der Waals surface area contributed by atoms with Gasteiger partial charge in [-0.05, 0) is 46.5 Å². The Morgan fingerprint density at radius 1 is 1.25 bits per heavy atom. The molecule has 0 radical (unpaired) electrons. The number of carbonyl (C=O) groups excluding carboxylic acids is 1. The van der Waals surface area contributed by atoms with Crippen LogP contribution in [-0.4, -0.2) is 75.5 Å². The molecule has 0 aliphatic carbocycles. The van der Waals surface area contributed by atoms with Crippen molar-refractivity contribution < 1.29 is 19.0 Å². The third-order valence-corrected chi connectivity index (χ3v) is 4.63. The van der Waals surface area contributed by atoms with Gasteiger partial charge >= 0.3 is 5.97 Å². The van der Waals surface area contributed by atoms with E-state index in [1.165, 1.54) is 0 Å². The van der Waals surface area contributed by atoms with Gasteiger partial charge in [-0.2, -0.15) is 0 Å². The van der Waals surface area contributed by atoms with Crippen LogP contribution in [0.5, 0.6) is 5.75 Å². The first-order valence-electron chi connectivity index (χ1n) is 9.92. The van der Waals surface area contributed by atoms with Crippen molar-refractivity contribution in [1.82, 2.24) is 9.88 Å². The fourth-order valence-corrected chi connectivity index (χ4v) is 3.28. The summed E-state index contributed by atoms with van der Waals surface area (Å²) in [6.45, 7) is 8.40. The molecule has 1 saturated heterocycles. The molecule has 1 aromatic carbocycles. The van der Waals surface area contributed by atoms with Crippen LogP contribution in [0.3, 0.4) is 0 Å². The molecule has 0 amide bonds. The number of fused-ring (bicyclic) bond motifs is 1. The van der Waals surface area contributed by atoms with Crippen LogP contribution < -0.4 is 9.64 Å². The van der Waals surface area contributed by atoms with Gasteiger partial charge in [-0.25, -0.2) is 4.79 Å². The van der Waals surface area contributed by atoms with E-state index in [1.807, 2.05) is 40.1 Å². The number of hydrogen-bond acceptors (Lipinski definition) is 6. The van der Waals surface area contributed by atoms with Crippen LogP contribution in [0.15, 0.2) is 18.2 Å². The van der Waals surface area contributed by atoms with Gasteiger partial charge in [0.2, 0.25) is 0 Å². The van der Waals surface area contributed by atoms with E-state index >= 15 is 0 Å². The Labute approximate surface area is 166 Å². The van der Waals surface area contributed by atoms with Crippen molar-refractivity contribution in [2.75, 3.05) is 58.5 Å². The normalized spacial score (nSPS) is 14.9. The number of nitrogens with zero attached hydrogens (tertiary/aromatic N) is 2. The molecule has 0 atom stereocenters. The predicted molar refractivity (Wildman–Crippen MR) is 111 cm³/mol. The standard InChI is InChI=1S/C21H31N3O4/c1-15(2)28-20-13-16(24-7-10-26-11-8-24)12-18-17(20)14-19(22-18)21(25)27-9-5-6-23(3)4/h12-15,22H,5-11H2,1-4H3. The van der Waals surface area contributed by atoms with E-state index in [2.05, 4.69) is 20.9 Å². The summed E-state index contributed by atoms with van der Waals surface area (Å²) >= 11 is 0. The molecule has 2 heterocycles. The second-order valence-electron chi connectivity index (χ2n) is 7.65. The van der Waals surface area contributed by atoms with Crippen LogP contribution in [0, 0.1) is 0 Å². The Balaban J connectivity index is 1.82. The highest BCUT2D eigenvalue weighted by molar-refractivity contribution is 5.98. The quantitative estimate of drug-likeness (QED) is 0.553. The van der Waals surface area contributed by atoms with Crippen molar-refractivity contribution >= 4 is 22.6 Å². The maximum absolute atomic E-state index is 12.4. The minimum atomic E-state index is -0.335. The van der Waals surface area contributed by atoms with Crippen LogP contribution in [0.2, 0.25) is 0 Å². The first-order chi connectivity index (χ1) is 13.4. The third-order valence-electron chi connectivity index (χ3n) is 4.63. The maximum Gasteiger partial charge on any atom is 0.354 e. The highest BCUT2D eigenvalue weighted by Crippen LogP contribution is 2.33. The van der Waals surface area contributed by atoms with Gasteiger partial charge in [0.05, 0.1) is 31.4 Å². The first kappa shape index (κ1) is 20.5. The summed E-state index contributed by atoms with van der Waals surface area (Å²) in [6, 6.07) is 5.94. The summed E-state index contributed by atoms with van der Waals surface area (Å²) in [5.74, 6) is 0.440. The van der Waals surface area contributed by atoms with Crippen molar-refractivity contribution in [3.8, 4) is 5.75 Å². The second kappa shape index (κ2) is 9.30. The Morgan fingerprint density at radius 2 is 2.00 bits per heavy atom. The number of aromatic nitrogens is 1. The van der Waals surface area contributed by atoms with Crippen LogP contribution >= 0.6 is 0 Å². The van der Waals surface area contributed by atoms with Crippen LogP contribution in [0.1, 0.15) is 30.8 Å². The smallest absolute Gasteiger partial charge is 0.354 e. The van der Waals surface area contributed by atoms with E-state index in [0.717, 1.165) is 48.4 Å². The van der Waals surface area contributed by atoms with E-state index in [1.54, 1.807) is 0 Å². The van der Waals surface area contributed by atoms with Gasteiger partial charge in [-0.15, -0.1) is 0 Å². The van der Waals surface area contributed by atoms with Crippen molar-refractivity contribution in [3.63, 3.8) is 0 Å². The molecule has 1 aliphatic heterocycles. The van der Waals surface area contributed by atoms with E-state index in [4.69, 9.17) is 14.2 Å². The summed E-state index contributed by atoms with van der Waals surface area (Å²) in [6.07, 6.45) is 0.849. The minimum Gasteiger partial charge on any atom is -0.490 e. The number of anilines is 1. The molecular formula is C21H31N3O4. The van der Waals surface area contributed by atoms with E-state index in [9.17, 15) is 4.79 Å². The molecule has 7 heteroatoms. The molecule has 0 spiro atoms. The average Bonchev–Trinajstić information content (AvgIpc) is 3.10. The number of esters is 1. The molecule has 0 unspecified atom stereocenters. The zero-order valence-corrected chi connectivity index (χ0v) is 17.3. The molecule has 3 rings (SSSR count). The number of H-pyrrole nitrogens is 1. The number of carbonyl (C=O) groups is 1. The third kappa shape index (κ3) is 5.17. The maximum atomic E-state index is 12.4. The summed E-state index contributed by atoms with van der Waals surface area (Å²) in [5, 5.41) is 0.894. The summed E-state index contributed by atoms with van der Waals surface area (Å²) in [5.41, 5.74) is 2.40. The zero-order chi connectivity index (χ0) is 20.1. The van der Waals surface area contributed by atoms with E-state index in [-0.39, 0.29) is 12.1 Å². The Kier molecular flexibility index (Phi) is 6.80. The van der Waals surface area contributed by atoms with Crippen LogP contribution in [0.25, 0.3) is 10.9 Å². The van der Waals surface area contributed by atoms with Gasteiger partial charge in [0.1, 0.15) is 11.4 Å². The highest BCUT2D eigenvalue weighted by Gasteiger charge is 2.18. The summed E-state index contributed by atoms with van der Waals surface area (Å²) < 4.78 is 16.9. The number of aromatic amines is 1. The topological polar surface area (TPSA) is 67.0 Å². The molecule has 28 heavy (non-hydrogen) atoms. The van der Waals surface area contributed by atoms with Crippen molar-refractivity contribution in [1.29, 1.82) is 0 Å². The van der Waals surface area contributed by atoms with E-state index < -0.39 is 0 Å². The molecular weight excluding hydrogens is 358 g/mol. The molecule has 1 aromatic heterocycles. The number of benzene rings is 1. The van der Waals surface area contributed by atoms with Crippen molar-refractivity contribution in [2.24, 2.45) is 0 Å². The Hall–Kier alpha value is -2.25. The molecule has 0 saturated carbocycles. The lowest BCUT2D eigenvalue weighted by molar-refractivity contribution is 0.0487. The van der Waals surface area contributed by atoms with Gasteiger partial charge in [-0.3, -0.25) is 0 Å². The Bertz CT molecular complexity index is 794. The lowest BCUT2D eigenvalue weighted by atomic mass is 10.2. The van der Waals surface area contributed by atoms with Gasteiger partial charge < -0.3 is 29.0 Å². The Morgan fingerprint density at radius 3 is 2.68 bits per heavy atom. The molecule has 154 valence electrons. The lowest BCUT2D eigenvalue weighted by Gasteiger charge is -2.29. The fourth-order valence-electron chi connectivity index (χ4n) is 3.28. The molecule has 2 aromatic rings. The summed E-state index contributed by atoms with van der Waals surface area (Å²) in [7, 11) is 4.00. The molecule has 1 fully saturated rings. The minimum absolute atomic E-state index is 0.0412. The van der Waals surface area contributed by atoms with Gasteiger partial charge in [0, 0.05) is 36.8 Å². The number of nitrogens with one attached hydrogen (secondary N) is 1. The van der Waals surface area contributed by atoms with Crippen LogP contribution in [-0.2, 0) is 9.47 Å².